The zero-order valence-electron chi connectivity index (χ0n) is 17.7. The number of urea groups is 1. The van der Waals surface area contributed by atoms with Gasteiger partial charge in [0.2, 0.25) is 5.91 Å². The summed E-state index contributed by atoms with van der Waals surface area (Å²) in [7, 11) is 1.61. The first-order valence-corrected chi connectivity index (χ1v) is 10.7. The second kappa shape index (κ2) is 12.9. The Morgan fingerprint density at radius 1 is 1.10 bits per heavy atom. The quantitative estimate of drug-likeness (QED) is 0.492. The predicted molar refractivity (Wildman–Crippen MR) is 113 cm³/mol. The molecule has 29 heavy (non-hydrogen) atoms. The predicted octanol–water partition coefficient (Wildman–Crippen LogP) is 3.51. The van der Waals surface area contributed by atoms with Crippen LogP contribution in [0.25, 0.3) is 0 Å². The summed E-state index contributed by atoms with van der Waals surface area (Å²) in [4.78, 5) is 23.9. The number of unbranched alkanes of at least 4 members (excludes halogenated alkanes) is 1. The van der Waals surface area contributed by atoms with E-state index >= 15 is 0 Å². The molecule has 1 saturated carbocycles. The number of amides is 3. The first kappa shape index (κ1) is 22.8. The molecule has 0 unspecified atom stereocenters. The highest BCUT2D eigenvalue weighted by Crippen LogP contribution is 2.28. The van der Waals surface area contributed by atoms with Gasteiger partial charge in [-0.1, -0.05) is 38.7 Å². The zero-order valence-corrected chi connectivity index (χ0v) is 17.7. The maximum absolute atomic E-state index is 12.0. The fourth-order valence-electron chi connectivity index (χ4n) is 3.33. The Kier molecular flexibility index (Phi) is 10.2. The van der Waals surface area contributed by atoms with E-state index in [0.29, 0.717) is 31.2 Å². The van der Waals surface area contributed by atoms with Gasteiger partial charge in [-0.25, -0.2) is 4.79 Å². The molecule has 0 aromatic heterocycles. The second-order valence-corrected chi connectivity index (χ2v) is 7.45. The molecule has 0 spiro atoms. The van der Waals surface area contributed by atoms with E-state index in [1.807, 2.05) is 18.2 Å². The molecule has 0 radical (unpaired) electrons. The Hall–Kier alpha value is -2.44. The Labute approximate surface area is 173 Å². The average Bonchev–Trinajstić information content (AvgIpc) is 2.73. The van der Waals surface area contributed by atoms with E-state index in [9.17, 15) is 9.59 Å². The summed E-state index contributed by atoms with van der Waals surface area (Å²) in [5.41, 5.74) is 0.932. The molecule has 7 heteroatoms. The molecule has 2 rings (SSSR count). The lowest BCUT2D eigenvalue weighted by atomic mass is 9.96. The summed E-state index contributed by atoms with van der Waals surface area (Å²) in [6.07, 6.45) is 7.98. The fourth-order valence-corrected chi connectivity index (χ4v) is 3.33. The summed E-state index contributed by atoms with van der Waals surface area (Å²) in [5.74, 6) is 1.27. The molecule has 3 N–H and O–H groups in total. The van der Waals surface area contributed by atoms with Crippen LogP contribution in [0.4, 0.5) is 4.79 Å². The zero-order chi connectivity index (χ0) is 20.9. The van der Waals surface area contributed by atoms with Crippen LogP contribution in [0.15, 0.2) is 18.2 Å². The first-order valence-electron chi connectivity index (χ1n) is 10.7. The van der Waals surface area contributed by atoms with Crippen LogP contribution in [0.3, 0.4) is 0 Å². The second-order valence-electron chi connectivity index (χ2n) is 7.45. The number of benzene rings is 1. The average molecular weight is 406 g/mol. The van der Waals surface area contributed by atoms with Gasteiger partial charge in [0.15, 0.2) is 11.5 Å². The van der Waals surface area contributed by atoms with Gasteiger partial charge in [0.1, 0.15) is 0 Å². The molecule has 162 valence electrons. The van der Waals surface area contributed by atoms with Crippen LogP contribution in [0.5, 0.6) is 11.5 Å². The smallest absolute Gasteiger partial charge is 0.315 e. The minimum absolute atomic E-state index is 0.106. The Morgan fingerprint density at radius 2 is 1.90 bits per heavy atom. The lowest BCUT2D eigenvalue weighted by Gasteiger charge is -2.22. The molecule has 1 aromatic rings. The minimum Gasteiger partial charge on any atom is -0.493 e. The van der Waals surface area contributed by atoms with Crippen LogP contribution < -0.4 is 25.4 Å². The summed E-state index contributed by atoms with van der Waals surface area (Å²) >= 11 is 0. The maximum Gasteiger partial charge on any atom is 0.315 e. The van der Waals surface area contributed by atoms with E-state index in [1.165, 1.54) is 19.3 Å². The molecular weight excluding hydrogens is 370 g/mol. The highest BCUT2D eigenvalue weighted by molar-refractivity contribution is 5.78. The number of methoxy groups -OCH3 is 1. The number of hydrogen-bond donors (Lipinski definition) is 3. The standard InChI is InChI=1S/C22H35N3O4/c1-3-4-14-29-19-11-10-17(15-20(19)28-2)16-24-21(26)12-13-23-22(27)25-18-8-6-5-7-9-18/h10-11,15,18H,3-9,12-14,16H2,1-2H3,(H,24,26)(H2,23,25,27). The van der Waals surface area contributed by atoms with E-state index in [2.05, 4.69) is 22.9 Å². The molecule has 1 aromatic carbocycles. The van der Waals surface area contributed by atoms with Crippen molar-refractivity contribution in [3.63, 3.8) is 0 Å². The molecule has 3 amide bonds. The number of carbonyl (C=O) groups excluding carboxylic acids is 2. The molecule has 0 bridgehead atoms. The van der Waals surface area contributed by atoms with E-state index in [4.69, 9.17) is 9.47 Å². The molecular formula is C22H35N3O4. The number of rotatable bonds is 11. The fraction of sp³-hybridized carbons (Fsp3) is 0.636. The summed E-state index contributed by atoms with van der Waals surface area (Å²) < 4.78 is 11.1. The number of nitrogens with one attached hydrogen (secondary N) is 3. The summed E-state index contributed by atoms with van der Waals surface area (Å²) in [5, 5.41) is 8.61. The van der Waals surface area contributed by atoms with Crippen LogP contribution in [0.2, 0.25) is 0 Å². The monoisotopic (exact) mass is 405 g/mol. The van der Waals surface area contributed by atoms with Crippen molar-refractivity contribution in [2.24, 2.45) is 0 Å². The van der Waals surface area contributed by atoms with Gasteiger partial charge in [-0.05, 0) is 37.0 Å². The van der Waals surface area contributed by atoms with Gasteiger partial charge in [-0.2, -0.15) is 0 Å². The molecule has 1 aliphatic rings. The van der Waals surface area contributed by atoms with Crippen LogP contribution in [0, 0.1) is 0 Å². The third-order valence-corrected chi connectivity index (χ3v) is 5.05. The highest BCUT2D eigenvalue weighted by Gasteiger charge is 2.15. The van der Waals surface area contributed by atoms with E-state index in [1.54, 1.807) is 7.11 Å². The lowest BCUT2D eigenvalue weighted by Crippen LogP contribution is -2.43. The van der Waals surface area contributed by atoms with E-state index in [-0.39, 0.29) is 24.4 Å². The summed E-state index contributed by atoms with van der Waals surface area (Å²) in [6, 6.07) is 5.74. The number of carbonyl (C=O) groups is 2. The largest absolute Gasteiger partial charge is 0.493 e. The Morgan fingerprint density at radius 3 is 2.62 bits per heavy atom. The van der Waals surface area contributed by atoms with Crippen LogP contribution in [-0.4, -0.2) is 38.2 Å². The van der Waals surface area contributed by atoms with Crippen LogP contribution >= 0.6 is 0 Å². The molecule has 1 fully saturated rings. The third kappa shape index (κ3) is 8.62. The normalized spacial score (nSPS) is 14.1. The molecule has 0 heterocycles. The van der Waals surface area contributed by atoms with Gasteiger partial charge >= 0.3 is 6.03 Å². The van der Waals surface area contributed by atoms with Crippen molar-refractivity contribution in [1.29, 1.82) is 0 Å². The van der Waals surface area contributed by atoms with E-state index in [0.717, 1.165) is 31.2 Å². The van der Waals surface area contributed by atoms with Crippen molar-refractivity contribution in [3.05, 3.63) is 23.8 Å². The Balaban J connectivity index is 1.66. The van der Waals surface area contributed by atoms with Crippen molar-refractivity contribution in [2.75, 3.05) is 20.3 Å². The van der Waals surface area contributed by atoms with Crippen molar-refractivity contribution in [1.82, 2.24) is 16.0 Å². The van der Waals surface area contributed by atoms with Gasteiger partial charge in [-0.15, -0.1) is 0 Å². The summed E-state index contributed by atoms with van der Waals surface area (Å²) in [6.45, 7) is 3.49. The highest BCUT2D eigenvalue weighted by atomic mass is 16.5. The van der Waals surface area contributed by atoms with Crippen LogP contribution in [0.1, 0.15) is 63.9 Å². The van der Waals surface area contributed by atoms with Gasteiger partial charge in [0.25, 0.3) is 0 Å². The molecule has 0 aliphatic heterocycles. The first-order chi connectivity index (χ1) is 14.1. The third-order valence-electron chi connectivity index (χ3n) is 5.05. The molecule has 7 nitrogen and oxygen atoms in total. The Bertz CT molecular complexity index is 645. The number of ether oxygens (including phenoxy) is 2. The molecule has 0 saturated heterocycles. The van der Waals surface area contributed by atoms with Crippen molar-refractivity contribution in [3.8, 4) is 11.5 Å². The van der Waals surface area contributed by atoms with Gasteiger partial charge in [-0.3, -0.25) is 4.79 Å². The van der Waals surface area contributed by atoms with Crippen molar-refractivity contribution < 1.29 is 19.1 Å². The van der Waals surface area contributed by atoms with Gasteiger partial charge in [0.05, 0.1) is 13.7 Å². The topological polar surface area (TPSA) is 88.7 Å². The van der Waals surface area contributed by atoms with Crippen molar-refractivity contribution in [2.45, 2.75) is 70.9 Å². The van der Waals surface area contributed by atoms with Gasteiger partial charge in [0, 0.05) is 25.6 Å². The molecule has 1 aliphatic carbocycles. The lowest BCUT2D eigenvalue weighted by molar-refractivity contribution is -0.121. The van der Waals surface area contributed by atoms with Crippen molar-refractivity contribution >= 4 is 11.9 Å². The van der Waals surface area contributed by atoms with E-state index < -0.39 is 0 Å². The van der Waals surface area contributed by atoms with Crippen LogP contribution in [-0.2, 0) is 11.3 Å². The minimum atomic E-state index is -0.187. The van der Waals surface area contributed by atoms with Gasteiger partial charge < -0.3 is 25.4 Å². The maximum atomic E-state index is 12.0. The molecule has 0 atom stereocenters. The number of hydrogen-bond acceptors (Lipinski definition) is 4. The SMILES string of the molecule is CCCCOc1ccc(CNC(=O)CCNC(=O)NC2CCCCC2)cc1OC.